The van der Waals surface area contributed by atoms with Gasteiger partial charge in [0.05, 0.1) is 24.4 Å². The first-order chi connectivity index (χ1) is 14.0. The quantitative estimate of drug-likeness (QED) is 0.550. The van der Waals surface area contributed by atoms with Gasteiger partial charge in [-0.15, -0.1) is 0 Å². The van der Waals surface area contributed by atoms with Crippen LogP contribution in [0.1, 0.15) is 56.0 Å². The highest BCUT2D eigenvalue weighted by Crippen LogP contribution is 2.32. The van der Waals surface area contributed by atoms with Crippen LogP contribution >= 0.6 is 0 Å². The van der Waals surface area contributed by atoms with Crippen LogP contribution in [0.25, 0.3) is 11.3 Å². The molecule has 3 N–H and O–H groups in total. The number of anilines is 1. The van der Waals surface area contributed by atoms with E-state index in [1.54, 1.807) is 13.1 Å². The van der Waals surface area contributed by atoms with E-state index in [-0.39, 0.29) is 0 Å². The highest BCUT2D eigenvalue weighted by atomic mass is 16.3. The predicted octanol–water partition coefficient (Wildman–Crippen LogP) is 4.46. The standard InChI is InChI=1S/C23H29N3O3/c1-15-10-11-21(29-15)17-6-5-7-19(12-17)25-22(23(28)16(2)27)18-13-24-26(14-18)20-8-3-4-9-20/h5-7,10-14,16,20,22-23,25,27-28H,3-4,8-9H2,1-2H3/t16-,22+,23+/m0/s1. The molecule has 0 bridgehead atoms. The lowest BCUT2D eigenvalue weighted by Crippen LogP contribution is -2.34. The van der Waals surface area contributed by atoms with Crippen LogP contribution in [-0.2, 0) is 0 Å². The Labute approximate surface area is 171 Å². The summed E-state index contributed by atoms with van der Waals surface area (Å²) in [5.41, 5.74) is 2.66. The zero-order valence-electron chi connectivity index (χ0n) is 17.0. The molecule has 1 fully saturated rings. The zero-order chi connectivity index (χ0) is 20.4. The summed E-state index contributed by atoms with van der Waals surface area (Å²) in [6.07, 6.45) is 6.70. The summed E-state index contributed by atoms with van der Waals surface area (Å²) in [5, 5.41) is 28.7. The molecule has 29 heavy (non-hydrogen) atoms. The average molecular weight is 396 g/mol. The number of aryl methyl sites for hydroxylation is 1. The maximum Gasteiger partial charge on any atom is 0.134 e. The van der Waals surface area contributed by atoms with E-state index >= 15 is 0 Å². The molecule has 1 saturated carbocycles. The SMILES string of the molecule is Cc1ccc(-c2cccc(N[C@H](c3cnn(C4CCCC4)c3)[C@H](O)[C@H](C)O)c2)o1. The first-order valence-corrected chi connectivity index (χ1v) is 10.3. The second kappa shape index (κ2) is 8.43. The third-order valence-corrected chi connectivity index (χ3v) is 5.72. The Bertz CT molecular complexity index is 940. The molecule has 0 aliphatic heterocycles. The molecule has 3 atom stereocenters. The van der Waals surface area contributed by atoms with Crippen molar-refractivity contribution >= 4 is 5.69 Å². The van der Waals surface area contributed by atoms with E-state index in [1.807, 2.05) is 54.2 Å². The zero-order valence-corrected chi connectivity index (χ0v) is 17.0. The van der Waals surface area contributed by atoms with Gasteiger partial charge < -0.3 is 19.9 Å². The lowest BCUT2D eigenvalue weighted by atomic mass is 10.00. The molecule has 6 heteroatoms. The molecule has 154 valence electrons. The molecule has 0 unspecified atom stereocenters. The van der Waals surface area contributed by atoms with Crippen LogP contribution in [-0.4, -0.2) is 32.2 Å². The van der Waals surface area contributed by atoms with Crippen molar-refractivity contribution in [1.29, 1.82) is 0 Å². The summed E-state index contributed by atoms with van der Waals surface area (Å²) in [4.78, 5) is 0. The van der Waals surface area contributed by atoms with E-state index in [0.29, 0.717) is 6.04 Å². The average Bonchev–Trinajstić information content (AvgIpc) is 3.46. The summed E-state index contributed by atoms with van der Waals surface area (Å²) < 4.78 is 7.74. The van der Waals surface area contributed by atoms with E-state index < -0.39 is 18.2 Å². The Morgan fingerprint density at radius 3 is 2.66 bits per heavy atom. The van der Waals surface area contributed by atoms with Crippen LogP contribution in [0.2, 0.25) is 0 Å². The molecule has 2 heterocycles. The number of hydrogen-bond donors (Lipinski definition) is 3. The minimum atomic E-state index is -0.967. The highest BCUT2D eigenvalue weighted by molar-refractivity contribution is 5.64. The number of nitrogens with one attached hydrogen (secondary N) is 1. The van der Waals surface area contributed by atoms with Gasteiger partial charge in [0.2, 0.25) is 0 Å². The largest absolute Gasteiger partial charge is 0.461 e. The normalized spacial score (nSPS) is 17.9. The van der Waals surface area contributed by atoms with Crippen molar-refractivity contribution in [2.75, 3.05) is 5.32 Å². The summed E-state index contributed by atoms with van der Waals surface area (Å²) in [6, 6.07) is 11.7. The number of nitrogens with zero attached hydrogens (tertiary/aromatic N) is 2. The maximum atomic E-state index is 10.7. The van der Waals surface area contributed by atoms with E-state index in [2.05, 4.69) is 10.4 Å². The number of rotatable bonds is 7. The molecular weight excluding hydrogens is 366 g/mol. The van der Waals surface area contributed by atoms with Gasteiger partial charge in [-0.3, -0.25) is 4.68 Å². The fourth-order valence-corrected chi connectivity index (χ4v) is 4.06. The smallest absolute Gasteiger partial charge is 0.134 e. The molecule has 4 rings (SSSR count). The van der Waals surface area contributed by atoms with Crippen LogP contribution in [0.5, 0.6) is 0 Å². The summed E-state index contributed by atoms with van der Waals surface area (Å²) in [6.45, 7) is 3.52. The van der Waals surface area contributed by atoms with Crippen LogP contribution in [0, 0.1) is 6.92 Å². The van der Waals surface area contributed by atoms with Gasteiger partial charge in [-0.05, 0) is 51.0 Å². The number of aromatic nitrogens is 2. The molecule has 1 aliphatic rings. The molecule has 1 aromatic carbocycles. The first kappa shape index (κ1) is 19.7. The van der Waals surface area contributed by atoms with Crippen LogP contribution in [0.4, 0.5) is 5.69 Å². The maximum absolute atomic E-state index is 10.7. The number of aliphatic hydroxyl groups is 2. The predicted molar refractivity (Wildman–Crippen MR) is 113 cm³/mol. The number of aliphatic hydroxyl groups excluding tert-OH is 2. The third kappa shape index (κ3) is 4.38. The Kier molecular flexibility index (Phi) is 5.74. The van der Waals surface area contributed by atoms with Gasteiger partial charge in [-0.25, -0.2) is 0 Å². The molecule has 6 nitrogen and oxygen atoms in total. The molecule has 0 saturated heterocycles. The van der Waals surface area contributed by atoms with Crippen molar-refractivity contribution in [3.05, 3.63) is 60.1 Å². The Hall–Kier alpha value is -2.57. The van der Waals surface area contributed by atoms with Crippen LogP contribution in [0.15, 0.2) is 53.2 Å². The van der Waals surface area contributed by atoms with Gasteiger partial charge in [0.15, 0.2) is 0 Å². The Morgan fingerprint density at radius 1 is 1.17 bits per heavy atom. The lowest BCUT2D eigenvalue weighted by Gasteiger charge is -2.26. The van der Waals surface area contributed by atoms with E-state index in [4.69, 9.17) is 4.42 Å². The van der Waals surface area contributed by atoms with Gasteiger partial charge in [0, 0.05) is 23.0 Å². The van der Waals surface area contributed by atoms with E-state index in [9.17, 15) is 10.2 Å². The fourth-order valence-electron chi connectivity index (χ4n) is 4.06. The summed E-state index contributed by atoms with van der Waals surface area (Å²) in [7, 11) is 0. The number of benzene rings is 1. The number of hydrogen-bond acceptors (Lipinski definition) is 5. The van der Waals surface area contributed by atoms with E-state index in [0.717, 1.165) is 41.2 Å². The Morgan fingerprint density at radius 2 is 1.97 bits per heavy atom. The molecule has 0 amide bonds. The van der Waals surface area contributed by atoms with Crippen molar-refractivity contribution in [3.8, 4) is 11.3 Å². The minimum absolute atomic E-state index is 0.429. The first-order valence-electron chi connectivity index (χ1n) is 10.3. The highest BCUT2D eigenvalue weighted by Gasteiger charge is 2.28. The van der Waals surface area contributed by atoms with Crippen molar-refractivity contribution in [3.63, 3.8) is 0 Å². The summed E-state index contributed by atoms with van der Waals surface area (Å²) >= 11 is 0. The van der Waals surface area contributed by atoms with Crippen LogP contribution in [0.3, 0.4) is 0 Å². The molecule has 1 aliphatic carbocycles. The number of furan rings is 1. The van der Waals surface area contributed by atoms with Crippen molar-refractivity contribution < 1.29 is 14.6 Å². The minimum Gasteiger partial charge on any atom is -0.461 e. The molecular formula is C23H29N3O3. The van der Waals surface area contributed by atoms with Gasteiger partial charge in [-0.1, -0.05) is 25.0 Å². The molecule has 3 aromatic rings. The molecule has 0 radical (unpaired) electrons. The second-order valence-corrected chi connectivity index (χ2v) is 8.04. The monoisotopic (exact) mass is 395 g/mol. The van der Waals surface area contributed by atoms with Gasteiger partial charge in [0.1, 0.15) is 17.6 Å². The van der Waals surface area contributed by atoms with Crippen molar-refractivity contribution in [2.45, 2.75) is 63.8 Å². The van der Waals surface area contributed by atoms with E-state index in [1.165, 1.54) is 12.8 Å². The topological polar surface area (TPSA) is 83.5 Å². The molecule has 0 spiro atoms. The molecule has 2 aromatic heterocycles. The third-order valence-electron chi connectivity index (χ3n) is 5.72. The van der Waals surface area contributed by atoms with Crippen molar-refractivity contribution in [1.82, 2.24) is 9.78 Å². The second-order valence-electron chi connectivity index (χ2n) is 8.04. The van der Waals surface area contributed by atoms with Gasteiger partial charge in [0.25, 0.3) is 0 Å². The van der Waals surface area contributed by atoms with Gasteiger partial charge >= 0.3 is 0 Å². The Balaban J connectivity index is 1.59. The summed E-state index contributed by atoms with van der Waals surface area (Å²) in [5.74, 6) is 1.66. The fraction of sp³-hybridized carbons (Fsp3) is 0.435. The lowest BCUT2D eigenvalue weighted by molar-refractivity contribution is 0.0190. The van der Waals surface area contributed by atoms with Gasteiger partial charge in [-0.2, -0.15) is 5.10 Å². The van der Waals surface area contributed by atoms with Crippen LogP contribution < -0.4 is 5.32 Å². The van der Waals surface area contributed by atoms with Crippen molar-refractivity contribution in [2.24, 2.45) is 0 Å².